The number of carboxylic acids is 1. The lowest BCUT2D eigenvalue weighted by Gasteiger charge is -2.06. The monoisotopic (exact) mass is 323 g/mol. The number of fused-ring (bicyclic) bond motifs is 1. The van der Waals surface area contributed by atoms with E-state index in [2.05, 4.69) is 5.32 Å². The lowest BCUT2D eigenvalue weighted by molar-refractivity contribution is -0.114. The van der Waals surface area contributed by atoms with Crippen molar-refractivity contribution in [2.45, 2.75) is 6.92 Å². The fraction of sp³-hybridized carbons (Fsp3) is 0.0556. The summed E-state index contributed by atoms with van der Waals surface area (Å²) in [7, 11) is 0. The Morgan fingerprint density at radius 3 is 2.38 bits per heavy atom. The fourth-order valence-corrected chi connectivity index (χ4v) is 2.36. The van der Waals surface area contributed by atoms with Crippen molar-refractivity contribution in [3.63, 3.8) is 0 Å². The van der Waals surface area contributed by atoms with Crippen LogP contribution in [0.4, 0.5) is 5.69 Å². The molecule has 0 radical (unpaired) electrons. The van der Waals surface area contributed by atoms with E-state index >= 15 is 0 Å². The first-order valence-corrected chi connectivity index (χ1v) is 7.13. The SMILES string of the molecule is CC(=O)Nc1ccc2oc(-c3ccc(C(=O)O)cc3)cc(=O)c2c1. The highest BCUT2D eigenvalue weighted by molar-refractivity contribution is 5.92. The van der Waals surface area contributed by atoms with Gasteiger partial charge in [0.15, 0.2) is 5.43 Å². The predicted molar refractivity (Wildman–Crippen MR) is 89.2 cm³/mol. The van der Waals surface area contributed by atoms with Gasteiger partial charge >= 0.3 is 5.97 Å². The van der Waals surface area contributed by atoms with Crippen LogP contribution in [0.3, 0.4) is 0 Å². The second kappa shape index (κ2) is 6.00. The molecule has 0 spiro atoms. The second-order valence-electron chi connectivity index (χ2n) is 5.25. The maximum absolute atomic E-state index is 12.3. The molecule has 6 nitrogen and oxygen atoms in total. The van der Waals surface area contributed by atoms with Crippen LogP contribution in [-0.2, 0) is 4.79 Å². The minimum atomic E-state index is -1.02. The molecule has 0 aliphatic carbocycles. The third-order valence-electron chi connectivity index (χ3n) is 3.46. The molecule has 0 fully saturated rings. The molecule has 0 bridgehead atoms. The summed E-state index contributed by atoms with van der Waals surface area (Å²) in [5.74, 6) is -0.905. The fourth-order valence-electron chi connectivity index (χ4n) is 2.36. The maximum Gasteiger partial charge on any atom is 0.335 e. The van der Waals surface area contributed by atoms with Crippen molar-refractivity contribution in [3.05, 3.63) is 64.3 Å². The summed E-state index contributed by atoms with van der Waals surface area (Å²) < 4.78 is 5.73. The van der Waals surface area contributed by atoms with Gasteiger partial charge in [0, 0.05) is 24.2 Å². The summed E-state index contributed by atoms with van der Waals surface area (Å²) >= 11 is 0. The number of carbonyl (C=O) groups excluding carboxylic acids is 1. The van der Waals surface area contributed by atoms with Crippen molar-refractivity contribution in [3.8, 4) is 11.3 Å². The molecule has 2 N–H and O–H groups in total. The molecule has 0 aliphatic rings. The number of amides is 1. The van der Waals surface area contributed by atoms with Crippen molar-refractivity contribution in [1.29, 1.82) is 0 Å². The molecule has 0 saturated carbocycles. The number of aromatic carboxylic acids is 1. The van der Waals surface area contributed by atoms with Gasteiger partial charge in [0.25, 0.3) is 0 Å². The number of hydrogen-bond acceptors (Lipinski definition) is 4. The van der Waals surface area contributed by atoms with E-state index in [1.54, 1.807) is 30.3 Å². The number of benzene rings is 2. The van der Waals surface area contributed by atoms with E-state index in [0.29, 0.717) is 28.0 Å². The van der Waals surface area contributed by atoms with Gasteiger partial charge in [0.05, 0.1) is 10.9 Å². The lowest BCUT2D eigenvalue weighted by atomic mass is 10.1. The summed E-state index contributed by atoms with van der Waals surface area (Å²) in [5, 5.41) is 11.9. The molecule has 6 heteroatoms. The summed E-state index contributed by atoms with van der Waals surface area (Å²) in [6.45, 7) is 1.39. The Kier molecular flexibility index (Phi) is 3.87. The lowest BCUT2D eigenvalue weighted by Crippen LogP contribution is -2.07. The van der Waals surface area contributed by atoms with Crippen LogP contribution in [0.25, 0.3) is 22.3 Å². The molecule has 3 rings (SSSR count). The van der Waals surface area contributed by atoms with E-state index in [1.807, 2.05) is 0 Å². The van der Waals surface area contributed by atoms with Crippen molar-refractivity contribution < 1.29 is 19.1 Å². The van der Waals surface area contributed by atoms with E-state index in [9.17, 15) is 14.4 Å². The third kappa shape index (κ3) is 3.03. The molecule has 1 aromatic heterocycles. The van der Waals surface area contributed by atoms with Gasteiger partial charge in [-0.3, -0.25) is 9.59 Å². The highest BCUT2D eigenvalue weighted by Crippen LogP contribution is 2.24. The summed E-state index contributed by atoms with van der Waals surface area (Å²) in [4.78, 5) is 34.3. The van der Waals surface area contributed by atoms with Crippen LogP contribution in [0, 0.1) is 0 Å². The zero-order chi connectivity index (χ0) is 17.3. The molecule has 0 saturated heterocycles. The van der Waals surface area contributed by atoms with Crippen LogP contribution in [0.2, 0.25) is 0 Å². The van der Waals surface area contributed by atoms with Crippen molar-refractivity contribution in [2.75, 3.05) is 5.32 Å². The third-order valence-corrected chi connectivity index (χ3v) is 3.46. The number of carbonyl (C=O) groups is 2. The van der Waals surface area contributed by atoms with Crippen LogP contribution in [-0.4, -0.2) is 17.0 Å². The van der Waals surface area contributed by atoms with Crippen LogP contribution in [0.5, 0.6) is 0 Å². The Labute approximate surface area is 136 Å². The molecule has 1 amide bonds. The van der Waals surface area contributed by atoms with Gasteiger partial charge in [-0.15, -0.1) is 0 Å². The number of rotatable bonds is 3. The van der Waals surface area contributed by atoms with Gasteiger partial charge in [-0.1, -0.05) is 12.1 Å². The van der Waals surface area contributed by atoms with Gasteiger partial charge in [0.1, 0.15) is 11.3 Å². The van der Waals surface area contributed by atoms with Crippen LogP contribution < -0.4 is 10.7 Å². The average molecular weight is 323 g/mol. The predicted octanol–water partition coefficient (Wildman–Crippen LogP) is 3.12. The molecule has 120 valence electrons. The van der Waals surface area contributed by atoms with E-state index < -0.39 is 5.97 Å². The minimum absolute atomic E-state index is 0.154. The molecule has 1 heterocycles. The number of anilines is 1. The molecular formula is C18H13NO5. The molecule has 24 heavy (non-hydrogen) atoms. The Balaban J connectivity index is 2.06. The first-order chi connectivity index (χ1) is 11.4. The Morgan fingerprint density at radius 1 is 1.04 bits per heavy atom. The molecule has 0 unspecified atom stereocenters. The second-order valence-corrected chi connectivity index (χ2v) is 5.25. The van der Waals surface area contributed by atoms with Crippen molar-refractivity contribution in [1.82, 2.24) is 0 Å². The number of hydrogen-bond donors (Lipinski definition) is 2. The van der Waals surface area contributed by atoms with Crippen molar-refractivity contribution in [2.24, 2.45) is 0 Å². The highest BCUT2D eigenvalue weighted by atomic mass is 16.4. The van der Waals surface area contributed by atoms with E-state index in [1.165, 1.54) is 25.1 Å². The van der Waals surface area contributed by atoms with Crippen LogP contribution in [0.15, 0.2) is 57.7 Å². The first-order valence-electron chi connectivity index (χ1n) is 7.13. The van der Waals surface area contributed by atoms with Gasteiger partial charge in [0.2, 0.25) is 5.91 Å². The molecular weight excluding hydrogens is 310 g/mol. The number of nitrogens with one attached hydrogen (secondary N) is 1. The van der Waals surface area contributed by atoms with Gasteiger partial charge in [-0.2, -0.15) is 0 Å². The molecule has 0 atom stereocenters. The van der Waals surface area contributed by atoms with E-state index in [-0.39, 0.29) is 16.9 Å². The topological polar surface area (TPSA) is 96.6 Å². The summed E-state index contributed by atoms with van der Waals surface area (Å²) in [5.41, 5.74) is 1.40. The normalized spacial score (nSPS) is 10.5. The van der Waals surface area contributed by atoms with Gasteiger partial charge in [-0.25, -0.2) is 4.79 Å². The standard InChI is InChI=1S/C18H13NO5/c1-10(20)19-13-6-7-16-14(8-13)15(21)9-17(24-16)11-2-4-12(5-3-11)18(22)23/h2-9H,1H3,(H,19,20)(H,22,23). The number of carboxylic acid groups (broad SMARTS) is 1. The Bertz CT molecular complexity index is 1000. The summed E-state index contributed by atoms with van der Waals surface area (Å²) in [6.07, 6.45) is 0. The highest BCUT2D eigenvalue weighted by Gasteiger charge is 2.09. The zero-order valence-electron chi connectivity index (χ0n) is 12.7. The summed E-state index contributed by atoms with van der Waals surface area (Å²) in [6, 6.07) is 12.2. The van der Waals surface area contributed by atoms with Crippen molar-refractivity contribution >= 4 is 28.5 Å². The van der Waals surface area contributed by atoms with E-state index in [4.69, 9.17) is 9.52 Å². The zero-order valence-corrected chi connectivity index (χ0v) is 12.7. The Morgan fingerprint density at radius 2 is 1.75 bits per heavy atom. The average Bonchev–Trinajstić information content (AvgIpc) is 2.55. The van der Waals surface area contributed by atoms with Gasteiger partial charge < -0.3 is 14.8 Å². The maximum atomic E-state index is 12.3. The molecule has 2 aromatic carbocycles. The molecule has 3 aromatic rings. The quantitative estimate of drug-likeness (QED) is 0.772. The first kappa shape index (κ1) is 15.5. The largest absolute Gasteiger partial charge is 0.478 e. The van der Waals surface area contributed by atoms with Gasteiger partial charge in [-0.05, 0) is 30.3 Å². The van der Waals surface area contributed by atoms with Crippen LogP contribution >= 0.6 is 0 Å². The van der Waals surface area contributed by atoms with Crippen LogP contribution in [0.1, 0.15) is 17.3 Å². The molecule has 0 aliphatic heterocycles. The Hall–Kier alpha value is -3.41. The smallest absolute Gasteiger partial charge is 0.335 e. The minimum Gasteiger partial charge on any atom is -0.478 e. The van der Waals surface area contributed by atoms with E-state index in [0.717, 1.165) is 0 Å².